The van der Waals surface area contributed by atoms with Gasteiger partial charge in [-0.25, -0.2) is 0 Å². The number of rotatable bonds is 9. The maximum Gasteiger partial charge on any atom is 0.0146 e. The Morgan fingerprint density at radius 2 is 1.41 bits per heavy atom. The number of aryl methyl sites for hydroxylation is 6. The van der Waals surface area contributed by atoms with Gasteiger partial charge in [0.25, 0.3) is 0 Å². The van der Waals surface area contributed by atoms with Crippen molar-refractivity contribution in [1.82, 2.24) is 0 Å². The molecule has 1 aliphatic heterocycles. The van der Waals surface area contributed by atoms with Gasteiger partial charge in [0.15, 0.2) is 0 Å². The standard InChI is InChI=1S/C21H27N2.C18H16ClNO5.2ClH.Ru/c1-14-9-16(3)20(17(4)10-14)22-7-8-23(13-22)21-18(5)11-15(2)12-19(21)6;1-11(2)25-17-7-4-14(19)9-13(17)10-24-18(21)16-6-5-15(20(22)23)8-12(16)3;;;/h9-13H,7-8H2,1-6H3;3-9,11H,10H2,1-2H3;2*1H;/q-1;;;;+2/p-2. The molecule has 1 fully saturated rings. The van der Waals surface area contributed by atoms with Crippen LogP contribution in [0, 0.1) is 58.3 Å². The van der Waals surface area contributed by atoms with Crippen LogP contribution in [0.4, 0.5) is 17.1 Å². The van der Waals surface area contributed by atoms with Crippen molar-refractivity contribution in [3.63, 3.8) is 0 Å². The second-order valence-corrected chi connectivity index (χ2v) is 19.0. The third-order valence-corrected chi connectivity index (χ3v) is 10.2. The minimum absolute atomic E-state index is 0.0685. The number of nitro groups is 1. The first-order valence-electron chi connectivity index (χ1n) is 16.3. The zero-order valence-corrected chi connectivity index (χ0v) is 34.0. The number of carbonyl (C=O) groups is 1. The summed E-state index contributed by atoms with van der Waals surface area (Å²) in [5, 5.41) is 11.5. The van der Waals surface area contributed by atoms with Crippen molar-refractivity contribution in [2.75, 3.05) is 22.9 Å². The van der Waals surface area contributed by atoms with Gasteiger partial charge in [0, 0.05) is 24.5 Å². The molecule has 4 aromatic carbocycles. The molecular weight excluding hydrogens is 798 g/mol. The number of hydrogen-bond acceptors (Lipinski definition) is 7. The van der Waals surface area contributed by atoms with Crippen LogP contribution in [0.5, 0.6) is 5.75 Å². The fourth-order valence-electron chi connectivity index (χ4n) is 6.36. The monoisotopic (exact) mass is 840 g/mol. The van der Waals surface area contributed by atoms with Crippen molar-refractivity contribution < 1.29 is 32.7 Å². The molecule has 0 aromatic heterocycles. The molecule has 1 saturated heterocycles. The number of hydrogen-bond donors (Lipinski definition) is 0. The fraction of sp³-hybridized carbons (Fsp3) is 0.308. The average Bonchev–Trinajstić information content (AvgIpc) is 3.48. The molecule has 0 radical (unpaired) electrons. The van der Waals surface area contributed by atoms with Crippen molar-refractivity contribution in [2.45, 2.75) is 68.1 Å². The van der Waals surface area contributed by atoms with Crippen LogP contribution in [-0.2, 0) is 24.9 Å². The predicted octanol–water partition coefficient (Wildman–Crippen LogP) is 10.5. The van der Waals surface area contributed by atoms with Crippen molar-refractivity contribution in [1.29, 1.82) is 0 Å². The largest absolute Gasteiger partial charge is 0.502 e. The van der Waals surface area contributed by atoms with Gasteiger partial charge in [0.1, 0.15) is 0 Å². The second kappa shape index (κ2) is 17.8. The fourth-order valence-corrected chi connectivity index (χ4v) is 8.36. The van der Waals surface area contributed by atoms with E-state index >= 15 is 0 Å². The summed E-state index contributed by atoms with van der Waals surface area (Å²) in [7, 11) is 11.8. The molecule has 51 heavy (non-hydrogen) atoms. The van der Waals surface area contributed by atoms with E-state index in [9.17, 15) is 14.9 Å². The first kappa shape index (κ1) is 40.3. The first-order valence-corrected chi connectivity index (χ1v) is 22.2. The summed E-state index contributed by atoms with van der Waals surface area (Å²) in [5.41, 5.74) is 11.7. The maximum absolute atomic E-state index is 12.6. The van der Waals surface area contributed by atoms with Crippen molar-refractivity contribution >= 4 is 58.6 Å². The van der Waals surface area contributed by atoms with E-state index in [1.807, 2.05) is 13.8 Å². The molecule has 4 aromatic rings. The molecule has 1 aliphatic rings. The van der Waals surface area contributed by atoms with E-state index in [1.165, 1.54) is 67.6 Å². The van der Waals surface area contributed by atoms with Gasteiger partial charge in [0.05, 0.1) is 0 Å². The third kappa shape index (κ3) is 10.8. The van der Waals surface area contributed by atoms with E-state index in [1.54, 1.807) is 18.2 Å². The van der Waals surface area contributed by atoms with Gasteiger partial charge in [-0.15, -0.1) is 0 Å². The summed E-state index contributed by atoms with van der Waals surface area (Å²) in [5.74, 6) is -0.114. The molecule has 1 heterocycles. The van der Waals surface area contributed by atoms with Gasteiger partial charge >= 0.3 is 180 Å². The van der Waals surface area contributed by atoms with E-state index in [-0.39, 0.29) is 29.5 Å². The SMILES string of the molecule is CC(C)Oc1ccc(Cl)cc1COC(=O)c1ccc([N+](=O)[O-])cc1[CH]=[Ru]([Cl])[Cl].Cc1cc(C)c(N2[CH-]N(c3c(C)cc(C)cc3C)CC2)c(C)c1. The van der Waals surface area contributed by atoms with E-state index in [0.717, 1.165) is 13.1 Å². The molecule has 274 valence electrons. The summed E-state index contributed by atoms with van der Waals surface area (Å²) in [4.78, 5) is 27.8. The molecule has 0 bridgehead atoms. The van der Waals surface area contributed by atoms with Crippen LogP contribution in [-0.4, -0.2) is 34.7 Å². The Kier molecular flexibility index (Phi) is 14.1. The Balaban J connectivity index is 0.000000233. The molecule has 0 amide bonds. The van der Waals surface area contributed by atoms with Gasteiger partial charge in [-0.05, 0) is 63.8 Å². The summed E-state index contributed by atoms with van der Waals surface area (Å²) in [6.45, 7) is 21.2. The number of ether oxygens (including phenoxy) is 2. The Hall–Kier alpha value is -3.49. The summed E-state index contributed by atoms with van der Waals surface area (Å²) >= 11 is 3.71. The van der Waals surface area contributed by atoms with Crippen LogP contribution in [0.3, 0.4) is 0 Å². The molecule has 0 atom stereocenters. The zero-order chi connectivity index (χ0) is 37.6. The van der Waals surface area contributed by atoms with Gasteiger partial charge in [-0.3, -0.25) is 0 Å². The van der Waals surface area contributed by atoms with Crippen LogP contribution in [0.1, 0.15) is 68.7 Å². The predicted molar refractivity (Wildman–Crippen MR) is 207 cm³/mol. The normalized spacial score (nSPS) is 12.7. The number of non-ortho nitro benzene ring substituents is 1. The van der Waals surface area contributed by atoms with Gasteiger partial charge in [-0.2, -0.15) is 6.67 Å². The van der Waals surface area contributed by atoms with Crippen molar-refractivity contribution in [3.8, 4) is 5.75 Å². The number of benzene rings is 4. The average molecular weight is 841 g/mol. The van der Waals surface area contributed by atoms with Gasteiger partial charge < -0.3 is 9.80 Å². The van der Waals surface area contributed by atoms with Crippen LogP contribution < -0.4 is 14.5 Å². The second-order valence-electron chi connectivity index (χ2n) is 12.8. The number of halogens is 3. The first-order chi connectivity index (χ1) is 24.0. The number of nitrogens with zero attached hydrogens (tertiary/aromatic N) is 3. The van der Waals surface area contributed by atoms with E-state index in [4.69, 9.17) is 40.5 Å². The third-order valence-electron chi connectivity index (χ3n) is 8.10. The molecule has 5 rings (SSSR count). The minimum atomic E-state index is -2.32. The summed E-state index contributed by atoms with van der Waals surface area (Å²) < 4.78 is 12.5. The molecule has 12 heteroatoms. The van der Waals surface area contributed by atoms with Gasteiger partial charge in [-0.1, -0.05) is 35.4 Å². The van der Waals surface area contributed by atoms with Crippen molar-refractivity contribution in [3.05, 3.63) is 133 Å². The topological polar surface area (TPSA) is 85.1 Å². The Bertz CT molecular complexity index is 1850. The summed E-state index contributed by atoms with van der Waals surface area (Å²) in [6, 6.07) is 17.9. The van der Waals surface area contributed by atoms with Crippen molar-refractivity contribution in [2.24, 2.45) is 0 Å². The number of esters is 1. The zero-order valence-electron chi connectivity index (χ0n) is 30.0. The molecular formula is C39H43Cl3N3O5Ru-. The quantitative estimate of drug-likeness (QED) is 0.0546. The van der Waals surface area contributed by atoms with E-state index in [2.05, 4.69) is 82.3 Å². The smallest absolute Gasteiger partial charge is 0.0146 e. The van der Waals surface area contributed by atoms with Crippen LogP contribution in [0.2, 0.25) is 5.02 Å². The minimum Gasteiger partial charge on any atom is -0.502 e. The Labute approximate surface area is 318 Å². The van der Waals surface area contributed by atoms with E-state index in [0.29, 0.717) is 16.3 Å². The number of carbonyl (C=O) groups excluding carboxylic acids is 1. The number of nitro benzene ring substituents is 1. The molecule has 0 unspecified atom stereocenters. The molecule has 0 N–H and O–H groups in total. The van der Waals surface area contributed by atoms with Crippen LogP contribution in [0.25, 0.3) is 0 Å². The molecule has 0 spiro atoms. The Morgan fingerprint density at radius 1 is 0.882 bits per heavy atom. The molecule has 8 nitrogen and oxygen atoms in total. The number of anilines is 2. The van der Waals surface area contributed by atoms with Crippen LogP contribution in [0.15, 0.2) is 60.7 Å². The Morgan fingerprint density at radius 3 is 1.88 bits per heavy atom. The summed E-state index contributed by atoms with van der Waals surface area (Å²) in [6.07, 6.45) is -0.0685. The molecule has 0 aliphatic carbocycles. The molecule has 0 saturated carbocycles. The van der Waals surface area contributed by atoms with E-state index < -0.39 is 24.4 Å². The van der Waals surface area contributed by atoms with Gasteiger partial charge in [0.2, 0.25) is 0 Å². The van der Waals surface area contributed by atoms with Crippen LogP contribution >= 0.6 is 31.0 Å². The maximum atomic E-state index is 12.6.